The van der Waals surface area contributed by atoms with Gasteiger partial charge in [-0.15, -0.1) is 0 Å². The lowest BCUT2D eigenvalue weighted by atomic mass is 9.94. The van der Waals surface area contributed by atoms with Gasteiger partial charge < -0.3 is 15.0 Å². The van der Waals surface area contributed by atoms with Crippen LogP contribution in [0.4, 0.5) is 11.4 Å². The van der Waals surface area contributed by atoms with E-state index in [-0.39, 0.29) is 11.9 Å². The highest BCUT2D eigenvalue weighted by molar-refractivity contribution is 6.07. The Morgan fingerprint density at radius 3 is 2.55 bits per heavy atom. The Labute approximate surface area is 118 Å². The molecule has 0 atom stereocenters. The van der Waals surface area contributed by atoms with Gasteiger partial charge in [-0.2, -0.15) is 0 Å². The van der Waals surface area contributed by atoms with Crippen molar-refractivity contribution in [3.8, 4) is 0 Å². The maximum absolute atomic E-state index is 12.3. The number of hydrogen-bond acceptors (Lipinski definition) is 4. The van der Waals surface area contributed by atoms with Crippen LogP contribution in [0, 0.1) is 0 Å². The molecule has 5 nitrogen and oxygen atoms in total. The maximum Gasteiger partial charge on any atom is 0.337 e. The number of nitrogens with one attached hydrogen (secondary N) is 1. The first-order chi connectivity index (χ1) is 9.28. The first-order valence-corrected chi connectivity index (χ1v) is 6.62. The lowest BCUT2D eigenvalue weighted by Gasteiger charge is -2.46. The second kappa shape index (κ2) is 4.81. The Bertz CT molecular complexity index is 564. The summed E-state index contributed by atoms with van der Waals surface area (Å²) in [6.07, 6.45) is 0. The number of carbonyl (C=O) groups is 2. The number of fused-ring (bicyclic) bond motifs is 1. The van der Waals surface area contributed by atoms with Gasteiger partial charge in [0.2, 0.25) is 5.91 Å². The Hall–Kier alpha value is -2.04. The summed E-state index contributed by atoms with van der Waals surface area (Å²) in [5.41, 5.74) is 1.35. The molecule has 0 fully saturated rings. The summed E-state index contributed by atoms with van der Waals surface area (Å²) in [6.45, 7) is 7.86. The predicted molar refractivity (Wildman–Crippen MR) is 78.1 cm³/mol. The van der Waals surface area contributed by atoms with Crippen LogP contribution in [0.25, 0.3) is 0 Å². The highest BCUT2D eigenvalue weighted by atomic mass is 16.5. The molecule has 1 aromatic rings. The van der Waals surface area contributed by atoms with Crippen molar-refractivity contribution in [2.45, 2.75) is 39.3 Å². The van der Waals surface area contributed by atoms with Crippen molar-refractivity contribution in [1.82, 2.24) is 0 Å². The van der Waals surface area contributed by atoms with Crippen molar-refractivity contribution < 1.29 is 14.3 Å². The predicted octanol–water partition coefficient (Wildman–Crippen LogP) is 2.42. The molecule has 1 aliphatic rings. The smallest absolute Gasteiger partial charge is 0.337 e. The Morgan fingerprint density at radius 1 is 1.35 bits per heavy atom. The molecule has 0 radical (unpaired) electrons. The lowest BCUT2D eigenvalue weighted by Crippen LogP contribution is -2.58. The maximum atomic E-state index is 12.3. The van der Waals surface area contributed by atoms with Crippen LogP contribution in [0.2, 0.25) is 0 Å². The van der Waals surface area contributed by atoms with Crippen LogP contribution in [-0.4, -0.2) is 30.6 Å². The van der Waals surface area contributed by atoms with E-state index in [1.54, 1.807) is 12.1 Å². The molecule has 0 aliphatic carbocycles. The van der Waals surface area contributed by atoms with Crippen LogP contribution in [0.3, 0.4) is 0 Å². The highest BCUT2D eigenvalue weighted by Crippen LogP contribution is 2.38. The van der Waals surface area contributed by atoms with E-state index < -0.39 is 11.5 Å². The van der Waals surface area contributed by atoms with Crippen LogP contribution < -0.4 is 10.2 Å². The van der Waals surface area contributed by atoms with Crippen LogP contribution >= 0.6 is 0 Å². The van der Waals surface area contributed by atoms with Crippen LogP contribution in [0.1, 0.15) is 38.1 Å². The second-order valence-corrected chi connectivity index (χ2v) is 5.70. The number of esters is 1. The van der Waals surface area contributed by atoms with E-state index in [1.165, 1.54) is 7.11 Å². The molecule has 0 spiro atoms. The third-order valence-corrected chi connectivity index (χ3v) is 3.60. The van der Waals surface area contributed by atoms with E-state index in [9.17, 15) is 9.59 Å². The van der Waals surface area contributed by atoms with Gasteiger partial charge >= 0.3 is 5.97 Å². The molecule has 0 aromatic heterocycles. The highest BCUT2D eigenvalue weighted by Gasteiger charge is 2.41. The molecule has 0 unspecified atom stereocenters. The molecule has 108 valence electrons. The number of benzene rings is 1. The van der Waals surface area contributed by atoms with Crippen molar-refractivity contribution >= 4 is 23.3 Å². The molecular weight excluding hydrogens is 256 g/mol. The summed E-state index contributed by atoms with van der Waals surface area (Å²) in [6, 6.07) is 5.39. The average Bonchev–Trinajstić information content (AvgIpc) is 2.37. The van der Waals surface area contributed by atoms with Gasteiger partial charge in [0.25, 0.3) is 0 Å². The van der Waals surface area contributed by atoms with Gasteiger partial charge in [-0.25, -0.2) is 4.79 Å². The number of anilines is 2. The summed E-state index contributed by atoms with van der Waals surface area (Å²) in [7, 11) is 1.34. The molecule has 0 saturated heterocycles. The summed E-state index contributed by atoms with van der Waals surface area (Å²) in [5, 5.41) is 2.87. The lowest BCUT2D eigenvalue weighted by molar-refractivity contribution is -0.120. The molecule has 0 bridgehead atoms. The topological polar surface area (TPSA) is 58.6 Å². The minimum absolute atomic E-state index is 0.0827. The molecule has 1 heterocycles. The summed E-state index contributed by atoms with van der Waals surface area (Å²) in [4.78, 5) is 25.9. The Balaban J connectivity index is 2.55. The summed E-state index contributed by atoms with van der Waals surface area (Å²) >= 11 is 0. The standard InChI is InChI=1S/C15H20N2O3/c1-9(2)17-12-7-6-10(13(18)20-5)8-11(12)16-14(19)15(17,3)4/h6-9H,1-5H3,(H,16,19). The zero-order chi connectivity index (χ0) is 15.1. The fourth-order valence-corrected chi connectivity index (χ4v) is 2.70. The van der Waals surface area contributed by atoms with Gasteiger partial charge in [0.1, 0.15) is 5.54 Å². The molecule has 5 heteroatoms. The second-order valence-electron chi connectivity index (χ2n) is 5.70. The van der Waals surface area contributed by atoms with Gasteiger partial charge in [-0.3, -0.25) is 4.79 Å². The molecule has 0 saturated carbocycles. The normalized spacial score (nSPS) is 16.7. The van der Waals surface area contributed by atoms with E-state index in [0.29, 0.717) is 11.3 Å². The van der Waals surface area contributed by atoms with Crippen molar-refractivity contribution in [2.75, 3.05) is 17.3 Å². The first kappa shape index (κ1) is 14.4. The average molecular weight is 276 g/mol. The summed E-state index contributed by atoms with van der Waals surface area (Å²) in [5.74, 6) is -0.497. The SMILES string of the molecule is COC(=O)c1ccc2c(c1)NC(=O)C(C)(C)N2C(C)C. The summed E-state index contributed by atoms with van der Waals surface area (Å²) < 4.78 is 4.70. The fourth-order valence-electron chi connectivity index (χ4n) is 2.70. The minimum atomic E-state index is -0.631. The Morgan fingerprint density at radius 2 is 2.00 bits per heavy atom. The van der Waals surface area contributed by atoms with Crippen molar-refractivity contribution in [3.05, 3.63) is 23.8 Å². The molecule has 1 N–H and O–H groups in total. The molecule has 1 aliphatic heterocycles. The van der Waals surface area contributed by atoms with Gasteiger partial charge in [-0.05, 0) is 45.9 Å². The number of ether oxygens (including phenoxy) is 1. The number of rotatable bonds is 2. The van der Waals surface area contributed by atoms with Crippen LogP contribution in [-0.2, 0) is 9.53 Å². The third kappa shape index (κ3) is 2.13. The van der Waals surface area contributed by atoms with Gasteiger partial charge in [-0.1, -0.05) is 0 Å². The number of carbonyl (C=O) groups excluding carboxylic acids is 2. The molecular formula is C15H20N2O3. The number of amides is 1. The quantitative estimate of drug-likeness (QED) is 0.843. The monoisotopic (exact) mass is 276 g/mol. The van der Waals surface area contributed by atoms with Gasteiger partial charge in [0.05, 0.1) is 24.0 Å². The van der Waals surface area contributed by atoms with E-state index >= 15 is 0 Å². The number of nitrogens with zero attached hydrogens (tertiary/aromatic N) is 1. The molecule has 1 amide bonds. The molecule has 20 heavy (non-hydrogen) atoms. The van der Waals surface area contributed by atoms with Crippen LogP contribution in [0.5, 0.6) is 0 Å². The van der Waals surface area contributed by atoms with E-state index in [2.05, 4.69) is 10.2 Å². The van der Waals surface area contributed by atoms with E-state index in [1.807, 2.05) is 33.8 Å². The largest absolute Gasteiger partial charge is 0.465 e. The molecule has 2 rings (SSSR count). The van der Waals surface area contributed by atoms with Crippen molar-refractivity contribution in [3.63, 3.8) is 0 Å². The number of hydrogen-bond donors (Lipinski definition) is 1. The van der Waals surface area contributed by atoms with Crippen LogP contribution in [0.15, 0.2) is 18.2 Å². The van der Waals surface area contributed by atoms with Gasteiger partial charge in [0, 0.05) is 6.04 Å². The van der Waals surface area contributed by atoms with Crippen molar-refractivity contribution in [1.29, 1.82) is 0 Å². The third-order valence-electron chi connectivity index (χ3n) is 3.60. The van der Waals surface area contributed by atoms with Gasteiger partial charge in [0.15, 0.2) is 0 Å². The Kier molecular flexibility index (Phi) is 3.46. The first-order valence-electron chi connectivity index (χ1n) is 6.62. The zero-order valence-electron chi connectivity index (χ0n) is 12.5. The van der Waals surface area contributed by atoms with Crippen molar-refractivity contribution in [2.24, 2.45) is 0 Å². The van der Waals surface area contributed by atoms with E-state index in [4.69, 9.17) is 4.74 Å². The fraction of sp³-hybridized carbons (Fsp3) is 0.467. The number of methoxy groups -OCH3 is 1. The van der Waals surface area contributed by atoms with E-state index in [0.717, 1.165) is 5.69 Å². The molecule has 1 aromatic carbocycles. The minimum Gasteiger partial charge on any atom is -0.465 e. The zero-order valence-corrected chi connectivity index (χ0v) is 12.5.